The van der Waals surface area contributed by atoms with Gasteiger partial charge in [0.25, 0.3) is 0 Å². The Bertz CT molecular complexity index is 673. The van der Waals surface area contributed by atoms with Gasteiger partial charge in [-0.2, -0.15) is 0 Å². The van der Waals surface area contributed by atoms with Crippen molar-refractivity contribution in [3.8, 4) is 0 Å². The van der Waals surface area contributed by atoms with Gasteiger partial charge < -0.3 is 20.4 Å². The summed E-state index contributed by atoms with van der Waals surface area (Å²) in [6, 6.07) is 0. The fraction of sp³-hybridized carbons (Fsp3) is 0.857. The van der Waals surface area contributed by atoms with E-state index in [4.69, 9.17) is 0 Å². The van der Waals surface area contributed by atoms with E-state index in [-0.39, 0.29) is 29.8 Å². The van der Waals surface area contributed by atoms with E-state index in [1.807, 2.05) is 0 Å². The van der Waals surface area contributed by atoms with Crippen molar-refractivity contribution in [1.82, 2.24) is 0 Å². The Morgan fingerprint density at radius 2 is 1.81 bits per heavy atom. The minimum atomic E-state index is -1.89. The van der Waals surface area contributed by atoms with E-state index in [1.165, 1.54) is 12.5 Å². The van der Waals surface area contributed by atoms with Gasteiger partial charge in [-0.25, -0.2) is 0 Å². The highest BCUT2D eigenvalue weighted by molar-refractivity contribution is 5.87. The van der Waals surface area contributed by atoms with Crippen molar-refractivity contribution in [1.29, 1.82) is 0 Å². The Morgan fingerprint density at radius 3 is 2.46 bits per heavy atom. The molecular weight excluding hydrogens is 332 g/mol. The molecule has 5 heteroatoms. The summed E-state index contributed by atoms with van der Waals surface area (Å²) in [5.41, 5.74) is -2.95. The number of fused-ring (bicyclic) bond motifs is 5. The molecule has 4 aliphatic rings. The van der Waals surface area contributed by atoms with Crippen molar-refractivity contribution in [2.45, 2.75) is 89.1 Å². The molecule has 3 saturated carbocycles. The van der Waals surface area contributed by atoms with E-state index in [9.17, 15) is 25.2 Å². The quantitative estimate of drug-likeness (QED) is 0.531. The molecule has 0 bridgehead atoms. The number of aliphatic hydroxyl groups is 4. The van der Waals surface area contributed by atoms with Crippen LogP contribution in [0.15, 0.2) is 11.6 Å². The zero-order chi connectivity index (χ0) is 19.1. The molecule has 0 saturated heterocycles. The van der Waals surface area contributed by atoms with Crippen molar-refractivity contribution in [3.05, 3.63) is 11.6 Å². The number of Topliss-reactive ketones (excluding diaryl/α,β-unsaturated/α-hetero) is 1. The second kappa shape index (κ2) is 5.40. The van der Waals surface area contributed by atoms with Crippen LogP contribution < -0.4 is 0 Å². The highest BCUT2D eigenvalue weighted by Gasteiger charge is 2.75. The van der Waals surface area contributed by atoms with Crippen molar-refractivity contribution < 1.29 is 25.2 Å². The standard InChI is InChI=1S/C21H32O5/c1-12(22)21(26)17(24)11-20(25)16-5-4-13-10-14(23)6-8-18(13,2)15(16)7-9-19(20,21)3/h4,14-17,23-26H,5-11H2,1-3H3. The first kappa shape index (κ1) is 18.6. The molecule has 8 atom stereocenters. The molecule has 0 aromatic heterocycles. The lowest BCUT2D eigenvalue weighted by molar-refractivity contribution is -0.217. The first-order valence-electron chi connectivity index (χ1n) is 10.0. The summed E-state index contributed by atoms with van der Waals surface area (Å²) in [7, 11) is 0. The molecule has 0 spiro atoms. The molecule has 0 aromatic carbocycles. The second-order valence-corrected chi connectivity index (χ2v) is 9.83. The Labute approximate surface area is 155 Å². The van der Waals surface area contributed by atoms with E-state index < -0.39 is 28.5 Å². The Morgan fingerprint density at radius 1 is 1.12 bits per heavy atom. The second-order valence-electron chi connectivity index (χ2n) is 9.83. The van der Waals surface area contributed by atoms with Crippen molar-refractivity contribution in [2.75, 3.05) is 0 Å². The normalized spacial score (nSPS) is 56.2. The smallest absolute Gasteiger partial charge is 0.164 e. The van der Waals surface area contributed by atoms with E-state index in [0.717, 1.165) is 19.3 Å². The van der Waals surface area contributed by atoms with Crippen LogP contribution in [0.1, 0.15) is 65.7 Å². The maximum atomic E-state index is 12.3. The lowest BCUT2D eigenvalue weighted by Gasteiger charge is -2.61. The van der Waals surface area contributed by atoms with Gasteiger partial charge in [0, 0.05) is 11.8 Å². The summed E-state index contributed by atoms with van der Waals surface area (Å²) in [5.74, 6) is -0.302. The molecule has 0 radical (unpaired) electrons. The average molecular weight is 364 g/mol. The minimum absolute atomic E-state index is 0.0443. The number of hydrogen-bond donors (Lipinski definition) is 4. The van der Waals surface area contributed by atoms with Crippen LogP contribution in [0.4, 0.5) is 0 Å². The predicted octanol–water partition coefficient (Wildman–Crippen LogP) is 1.72. The van der Waals surface area contributed by atoms with Crippen LogP contribution in [-0.2, 0) is 4.79 Å². The zero-order valence-electron chi connectivity index (χ0n) is 16.0. The van der Waals surface area contributed by atoms with Crippen LogP contribution in [0.2, 0.25) is 0 Å². The molecule has 26 heavy (non-hydrogen) atoms. The summed E-state index contributed by atoms with van der Waals surface area (Å²) in [6.07, 6.45) is 5.08. The number of rotatable bonds is 1. The fourth-order valence-electron chi connectivity index (χ4n) is 7.28. The number of aliphatic hydroxyl groups excluding tert-OH is 2. The fourth-order valence-corrected chi connectivity index (χ4v) is 7.28. The van der Waals surface area contributed by atoms with Gasteiger partial charge in [0.05, 0.1) is 17.8 Å². The maximum absolute atomic E-state index is 12.3. The Kier molecular flexibility index (Phi) is 3.87. The maximum Gasteiger partial charge on any atom is 0.164 e. The van der Waals surface area contributed by atoms with Gasteiger partial charge in [-0.15, -0.1) is 0 Å². The molecule has 146 valence electrons. The summed E-state index contributed by atoms with van der Waals surface area (Å²) in [4.78, 5) is 12.3. The minimum Gasteiger partial charge on any atom is -0.393 e. The lowest BCUT2D eigenvalue weighted by Crippen LogP contribution is -2.66. The largest absolute Gasteiger partial charge is 0.393 e. The third-order valence-electron chi connectivity index (χ3n) is 9.00. The zero-order valence-corrected chi connectivity index (χ0v) is 16.0. The predicted molar refractivity (Wildman–Crippen MR) is 96.2 cm³/mol. The highest BCUT2D eigenvalue weighted by atomic mass is 16.4. The van der Waals surface area contributed by atoms with Crippen LogP contribution in [0, 0.1) is 22.7 Å². The molecular formula is C21H32O5. The van der Waals surface area contributed by atoms with Gasteiger partial charge in [0.1, 0.15) is 0 Å². The van der Waals surface area contributed by atoms with Gasteiger partial charge in [0.2, 0.25) is 0 Å². The topological polar surface area (TPSA) is 98.0 Å². The van der Waals surface area contributed by atoms with Gasteiger partial charge in [-0.05, 0) is 62.7 Å². The molecule has 3 fully saturated rings. The summed E-state index contributed by atoms with van der Waals surface area (Å²) < 4.78 is 0. The van der Waals surface area contributed by atoms with Crippen molar-refractivity contribution >= 4 is 5.78 Å². The highest BCUT2D eigenvalue weighted by Crippen LogP contribution is 2.68. The van der Waals surface area contributed by atoms with Crippen LogP contribution >= 0.6 is 0 Å². The van der Waals surface area contributed by atoms with Crippen LogP contribution in [0.25, 0.3) is 0 Å². The summed E-state index contributed by atoms with van der Waals surface area (Å²) in [5, 5.41) is 43.7. The summed E-state index contributed by atoms with van der Waals surface area (Å²) >= 11 is 0. The van der Waals surface area contributed by atoms with Gasteiger partial charge >= 0.3 is 0 Å². The van der Waals surface area contributed by atoms with Crippen LogP contribution in [0.5, 0.6) is 0 Å². The molecule has 4 rings (SSSR count). The number of allylic oxidation sites excluding steroid dienone is 1. The monoisotopic (exact) mass is 364 g/mol. The van der Waals surface area contributed by atoms with E-state index in [1.54, 1.807) is 6.92 Å². The van der Waals surface area contributed by atoms with E-state index >= 15 is 0 Å². The third kappa shape index (κ3) is 1.93. The molecule has 0 heterocycles. The third-order valence-corrected chi connectivity index (χ3v) is 9.00. The molecule has 4 N–H and O–H groups in total. The van der Waals surface area contributed by atoms with E-state index in [0.29, 0.717) is 19.3 Å². The first-order chi connectivity index (χ1) is 12.0. The van der Waals surface area contributed by atoms with Crippen molar-refractivity contribution in [3.63, 3.8) is 0 Å². The molecule has 4 aliphatic carbocycles. The van der Waals surface area contributed by atoms with Crippen LogP contribution in [0.3, 0.4) is 0 Å². The van der Waals surface area contributed by atoms with Gasteiger partial charge in [0.15, 0.2) is 11.4 Å². The Balaban J connectivity index is 1.78. The molecule has 0 aromatic rings. The first-order valence-corrected chi connectivity index (χ1v) is 10.0. The molecule has 0 aliphatic heterocycles. The molecule has 8 unspecified atom stereocenters. The number of ketones is 1. The molecule has 0 amide bonds. The summed E-state index contributed by atoms with van der Waals surface area (Å²) in [6.45, 7) is 5.35. The number of hydrogen-bond acceptors (Lipinski definition) is 5. The number of carbonyl (C=O) groups excluding carboxylic acids is 1. The van der Waals surface area contributed by atoms with Gasteiger partial charge in [-0.1, -0.05) is 25.5 Å². The lowest BCUT2D eigenvalue weighted by atomic mass is 9.45. The molecule has 5 nitrogen and oxygen atoms in total. The van der Waals surface area contributed by atoms with Crippen LogP contribution in [-0.4, -0.2) is 49.6 Å². The SMILES string of the molecule is CC(=O)C1(O)C(O)CC2(O)C3CC=C4CC(O)CCC4(C)C3CCC21C. The van der Waals surface area contributed by atoms with E-state index in [2.05, 4.69) is 13.0 Å². The Hall–Kier alpha value is -0.750. The average Bonchev–Trinajstić information content (AvgIpc) is 2.73. The number of carbonyl (C=O) groups is 1. The van der Waals surface area contributed by atoms with Gasteiger partial charge in [-0.3, -0.25) is 4.79 Å². The van der Waals surface area contributed by atoms with Crippen molar-refractivity contribution in [2.24, 2.45) is 22.7 Å².